The summed E-state index contributed by atoms with van der Waals surface area (Å²) in [5, 5.41) is 10.2. The number of morpholine rings is 1. The van der Waals surface area contributed by atoms with Crippen molar-refractivity contribution in [2.24, 2.45) is 11.8 Å². The molecule has 0 saturated carbocycles. The Kier molecular flexibility index (Phi) is 9.05. The van der Waals surface area contributed by atoms with Gasteiger partial charge in [0, 0.05) is 32.7 Å². The number of nitrogens with zero attached hydrogens (tertiary/aromatic N) is 3. The lowest BCUT2D eigenvalue weighted by Crippen LogP contribution is -2.59. The number of rotatable bonds is 13. The first-order valence-corrected chi connectivity index (χ1v) is 13.5. The molecule has 10 heteroatoms. The van der Waals surface area contributed by atoms with Gasteiger partial charge in [-0.15, -0.1) is 13.2 Å². The van der Waals surface area contributed by atoms with E-state index in [0.717, 1.165) is 13.1 Å². The van der Waals surface area contributed by atoms with Crippen LogP contribution in [0.1, 0.15) is 32.6 Å². The van der Waals surface area contributed by atoms with Crippen molar-refractivity contribution in [2.45, 2.75) is 56.4 Å². The van der Waals surface area contributed by atoms with E-state index in [4.69, 9.17) is 14.2 Å². The average molecular weight is 520 g/mol. The largest absolute Gasteiger partial charge is 0.465 e. The number of hydrogen-bond donors (Lipinski definition) is 1. The molecule has 2 unspecified atom stereocenters. The molecule has 2 bridgehead atoms. The SMILES string of the molecule is C=CCCOC(=O)[C@@H]1[C@H]2C(=O)N([C@@H](CC)CO)C(C(=O)N(CC=C)CCN3CCOCC3)C23CC[C@H]1O3. The van der Waals surface area contributed by atoms with E-state index in [0.29, 0.717) is 58.5 Å². The summed E-state index contributed by atoms with van der Waals surface area (Å²) in [6.07, 6.45) is 4.96. The maximum atomic E-state index is 14.3. The van der Waals surface area contributed by atoms with Gasteiger partial charge in [-0.25, -0.2) is 0 Å². The fourth-order valence-electron chi connectivity index (χ4n) is 6.49. The summed E-state index contributed by atoms with van der Waals surface area (Å²) in [5.74, 6) is -2.56. The summed E-state index contributed by atoms with van der Waals surface area (Å²) in [6, 6.07) is -1.46. The van der Waals surface area contributed by atoms with Gasteiger partial charge in [-0.3, -0.25) is 19.3 Å². The van der Waals surface area contributed by atoms with Crippen LogP contribution < -0.4 is 0 Å². The van der Waals surface area contributed by atoms with E-state index < -0.39 is 41.6 Å². The predicted octanol–water partition coefficient (Wildman–Crippen LogP) is 0.598. The maximum absolute atomic E-state index is 14.3. The zero-order valence-corrected chi connectivity index (χ0v) is 21.9. The molecule has 6 atom stereocenters. The number of carbonyl (C=O) groups excluding carboxylic acids is 3. The quantitative estimate of drug-likeness (QED) is 0.214. The van der Waals surface area contributed by atoms with Crippen LogP contribution in [0.25, 0.3) is 0 Å². The molecular weight excluding hydrogens is 478 g/mol. The second kappa shape index (κ2) is 12.1. The molecule has 4 aliphatic rings. The zero-order chi connectivity index (χ0) is 26.6. The minimum Gasteiger partial charge on any atom is -0.465 e. The van der Waals surface area contributed by atoms with Crippen LogP contribution >= 0.6 is 0 Å². The molecule has 4 aliphatic heterocycles. The first kappa shape index (κ1) is 27.8. The third-order valence-electron chi connectivity index (χ3n) is 8.34. The number of esters is 1. The molecule has 37 heavy (non-hydrogen) atoms. The Labute approximate surface area is 219 Å². The van der Waals surface area contributed by atoms with Crippen LogP contribution in [-0.4, -0.2) is 121 Å². The van der Waals surface area contributed by atoms with E-state index in [9.17, 15) is 19.5 Å². The first-order valence-electron chi connectivity index (χ1n) is 13.5. The highest BCUT2D eigenvalue weighted by Crippen LogP contribution is 2.59. The Bertz CT molecular complexity index is 872. The van der Waals surface area contributed by atoms with Gasteiger partial charge in [-0.05, 0) is 25.7 Å². The molecule has 1 spiro atoms. The highest BCUT2D eigenvalue weighted by Gasteiger charge is 2.75. The number of ether oxygens (including phenoxy) is 3. The molecule has 1 N–H and O–H groups in total. The van der Waals surface area contributed by atoms with Crippen molar-refractivity contribution >= 4 is 17.8 Å². The standard InChI is InChI=1S/C27H41N3O7/c1-4-7-15-36-26(34)21-20-8-9-27(37-20)22(21)24(32)30(19(6-3)18-31)23(27)25(33)29(10-5-2)12-11-28-13-16-35-17-14-28/h4-5,19-23,31H,1-2,6-18H2,3H3/t19-,20+,21-,22-,23?,27?/m0/s1. The Morgan fingerprint density at radius 3 is 2.70 bits per heavy atom. The van der Waals surface area contributed by atoms with Crippen LogP contribution in [-0.2, 0) is 28.6 Å². The normalized spacial score (nSPS) is 31.7. The van der Waals surface area contributed by atoms with Gasteiger partial charge >= 0.3 is 5.97 Å². The van der Waals surface area contributed by atoms with E-state index in [1.165, 1.54) is 4.90 Å². The first-order chi connectivity index (χ1) is 17.9. The van der Waals surface area contributed by atoms with Gasteiger partial charge in [0.05, 0.1) is 50.4 Å². The number of carbonyl (C=O) groups is 3. The number of aliphatic hydroxyl groups excluding tert-OH is 1. The molecule has 10 nitrogen and oxygen atoms in total. The Hall–Kier alpha value is -2.27. The van der Waals surface area contributed by atoms with Crippen LogP contribution in [0.5, 0.6) is 0 Å². The second-order valence-electron chi connectivity index (χ2n) is 10.3. The lowest BCUT2D eigenvalue weighted by molar-refractivity contribution is -0.156. The van der Waals surface area contributed by atoms with Crippen LogP contribution in [0.3, 0.4) is 0 Å². The second-order valence-corrected chi connectivity index (χ2v) is 10.3. The number of fused-ring (bicyclic) bond motifs is 1. The molecule has 0 aromatic rings. The smallest absolute Gasteiger partial charge is 0.312 e. The monoisotopic (exact) mass is 519 g/mol. The summed E-state index contributed by atoms with van der Waals surface area (Å²) in [7, 11) is 0. The number of amides is 2. The van der Waals surface area contributed by atoms with Gasteiger partial charge < -0.3 is 29.1 Å². The van der Waals surface area contributed by atoms with Crippen molar-refractivity contribution in [1.82, 2.24) is 14.7 Å². The van der Waals surface area contributed by atoms with Gasteiger partial charge in [0.25, 0.3) is 0 Å². The number of hydrogen-bond acceptors (Lipinski definition) is 8. The van der Waals surface area contributed by atoms with E-state index in [1.807, 2.05) is 6.92 Å². The van der Waals surface area contributed by atoms with Crippen molar-refractivity contribution in [3.63, 3.8) is 0 Å². The van der Waals surface area contributed by atoms with Gasteiger partial charge in [0.2, 0.25) is 11.8 Å². The minimum absolute atomic E-state index is 0.189. The van der Waals surface area contributed by atoms with Gasteiger partial charge in [0.15, 0.2) is 0 Å². The molecule has 206 valence electrons. The Morgan fingerprint density at radius 2 is 2.05 bits per heavy atom. The molecular formula is C27H41N3O7. The fraction of sp³-hybridized carbons (Fsp3) is 0.741. The van der Waals surface area contributed by atoms with Crippen molar-refractivity contribution in [3.8, 4) is 0 Å². The molecule has 0 aliphatic carbocycles. The Morgan fingerprint density at radius 1 is 1.30 bits per heavy atom. The molecule has 0 aromatic carbocycles. The van der Waals surface area contributed by atoms with Gasteiger partial charge in [-0.2, -0.15) is 0 Å². The highest BCUT2D eigenvalue weighted by atomic mass is 16.6. The van der Waals surface area contributed by atoms with E-state index >= 15 is 0 Å². The van der Waals surface area contributed by atoms with Crippen LogP contribution in [0.4, 0.5) is 0 Å². The predicted molar refractivity (Wildman–Crippen MR) is 135 cm³/mol. The highest BCUT2D eigenvalue weighted by molar-refractivity contribution is 5.98. The molecule has 0 aromatic heterocycles. The van der Waals surface area contributed by atoms with Crippen LogP contribution in [0, 0.1) is 11.8 Å². The fourth-order valence-corrected chi connectivity index (χ4v) is 6.49. The molecule has 4 rings (SSSR count). The van der Waals surface area contributed by atoms with Crippen molar-refractivity contribution < 1.29 is 33.7 Å². The van der Waals surface area contributed by atoms with Crippen LogP contribution in [0.15, 0.2) is 25.3 Å². The Balaban J connectivity index is 1.63. The van der Waals surface area contributed by atoms with Gasteiger partial charge in [-0.1, -0.05) is 19.1 Å². The zero-order valence-electron chi connectivity index (χ0n) is 21.9. The maximum Gasteiger partial charge on any atom is 0.312 e. The summed E-state index contributed by atoms with van der Waals surface area (Å²) in [5.41, 5.74) is -1.11. The summed E-state index contributed by atoms with van der Waals surface area (Å²) >= 11 is 0. The van der Waals surface area contributed by atoms with Crippen molar-refractivity contribution in [1.29, 1.82) is 0 Å². The van der Waals surface area contributed by atoms with E-state index in [-0.39, 0.29) is 25.0 Å². The number of likely N-dealkylation sites (tertiary alicyclic amines) is 1. The molecule has 4 fully saturated rings. The van der Waals surface area contributed by atoms with E-state index in [1.54, 1.807) is 17.1 Å². The average Bonchev–Trinajstić information content (AvgIpc) is 3.55. The third-order valence-corrected chi connectivity index (χ3v) is 8.34. The molecule has 4 heterocycles. The summed E-state index contributed by atoms with van der Waals surface area (Å²) in [6.45, 7) is 13.7. The number of aliphatic hydroxyl groups is 1. The molecule has 2 amide bonds. The summed E-state index contributed by atoms with van der Waals surface area (Å²) < 4.78 is 17.4. The lowest BCUT2D eigenvalue weighted by atomic mass is 9.70. The molecule has 0 radical (unpaired) electrons. The molecule has 4 saturated heterocycles. The van der Waals surface area contributed by atoms with Gasteiger partial charge in [0.1, 0.15) is 11.6 Å². The third kappa shape index (κ3) is 5.08. The van der Waals surface area contributed by atoms with Crippen molar-refractivity contribution in [3.05, 3.63) is 25.3 Å². The topological polar surface area (TPSA) is 109 Å². The van der Waals surface area contributed by atoms with Crippen LogP contribution in [0.2, 0.25) is 0 Å². The lowest BCUT2D eigenvalue weighted by Gasteiger charge is -2.39. The van der Waals surface area contributed by atoms with Crippen molar-refractivity contribution in [2.75, 3.05) is 59.2 Å². The minimum atomic E-state index is -1.11. The summed E-state index contributed by atoms with van der Waals surface area (Å²) in [4.78, 5) is 46.9. The van der Waals surface area contributed by atoms with E-state index in [2.05, 4.69) is 18.1 Å².